The molecule has 1 aromatic rings. The predicted molar refractivity (Wildman–Crippen MR) is 54.9 cm³/mol. The van der Waals surface area contributed by atoms with Gasteiger partial charge in [-0.2, -0.15) is 0 Å². The van der Waals surface area contributed by atoms with Crippen LogP contribution < -0.4 is 15.2 Å². The van der Waals surface area contributed by atoms with E-state index in [2.05, 4.69) is 6.92 Å². The van der Waals surface area contributed by atoms with Crippen molar-refractivity contribution in [3.63, 3.8) is 0 Å². The molecule has 3 nitrogen and oxygen atoms in total. The third-order valence-corrected chi connectivity index (χ3v) is 2.56. The van der Waals surface area contributed by atoms with Gasteiger partial charge >= 0.3 is 0 Å². The van der Waals surface area contributed by atoms with Gasteiger partial charge in [0.05, 0.1) is 7.11 Å². The summed E-state index contributed by atoms with van der Waals surface area (Å²) in [7, 11) is 1.66. The lowest BCUT2D eigenvalue weighted by Crippen LogP contribution is -2.34. The molecule has 1 atom stereocenters. The number of hydrogen-bond acceptors (Lipinski definition) is 3. The number of hydrogen-bond donors (Lipinski definition) is 1. The van der Waals surface area contributed by atoms with E-state index in [1.165, 1.54) is 11.1 Å². The van der Waals surface area contributed by atoms with Crippen LogP contribution in [0.3, 0.4) is 0 Å². The molecule has 14 heavy (non-hydrogen) atoms. The molecule has 2 rings (SSSR count). The molecular weight excluding hydrogens is 178 g/mol. The van der Waals surface area contributed by atoms with Crippen LogP contribution in [0.4, 0.5) is 0 Å². The van der Waals surface area contributed by atoms with Gasteiger partial charge < -0.3 is 15.2 Å². The van der Waals surface area contributed by atoms with Gasteiger partial charge in [0.25, 0.3) is 0 Å². The van der Waals surface area contributed by atoms with Gasteiger partial charge in [0.1, 0.15) is 18.1 Å². The summed E-state index contributed by atoms with van der Waals surface area (Å²) in [5.74, 6) is 1.76. The predicted octanol–water partition coefficient (Wildman–Crippen LogP) is 1.27. The standard InChI is InChI=1S/C11H15NO2/c1-7-3-9(13-2)5-11-10(7)4-8(12)6-14-11/h3,5,8H,4,6,12H2,1-2H3. The second-order valence-corrected chi connectivity index (χ2v) is 3.70. The van der Waals surface area contributed by atoms with Gasteiger partial charge in [0.15, 0.2) is 0 Å². The zero-order valence-corrected chi connectivity index (χ0v) is 8.54. The lowest BCUT2D eigenvalue weighted by molar-refractivity contribution is 0.261. The van der Waals surface area contributed by atoms with Gasteiger partial charge in [0.2, 0.25) is 0 Å². The van der Waals surface area contributed by atoms with Crippen LogP contribution in [-0.2, 0) is 6.42 Å². The molecule has 0 radical (unpaired) electrons. The number of methoxy groups -OCH3 is 1. The molecule has 1 aliphatic rings. The summed E-state index contributed by atoms with van der Waals surface area (Å²) in [6.07, 6.45) is 0.894. The minimum absolute atomic E-state index is 0.120. The highest BCUT2D eigenvalue weighted by Crippen LogP contribution is 2.31. The van der Waals surface area contributed by atoms with E-state index < -0.39 is 0 Å². The summed E-state index contributed by atoms with van der Waals surface area (Å²) in [5, 5.41) is 0. The van der Waals surface area contributed by atoms with E-state index in [-0.39, 0.29) is 6.04 Å². The van der Waals surface area contributed by atoms with Crippen LogP contribution in [0.25, 0.3) is 0 Å². The summed E-state index contributed by atoms with van der Waals surface area (Å²) in [4.78, 5) is 0. The second-order valence-electron chi connectivity index (χ2n) is 3.70. The first-order valence-corrected chi connectivity index (χ1v) is 4.76. The highest BCUT2D eigenvalue weighted by molar-refractivity contribution is 5.47. The van der Waals surface area contributed by atoms with Crippen LogP contribution in [0.15, 0.2) is 12.1 Å². The van der Waals surface area contributed by atoms with Crippen LogP contribution >= 0.6 is 0 Å². The number of aryl methyl sites for hydroxylation is 1. The molecule has 0 aliphatic carbocycles. The Hall–Kier alpha value is -1.22. The first-order chi connectivity index (χ1) is 6.70. The maximum Gasteiger partial charge on any atom is 0.126 e. The number of benzene rings is 1. The third-order valence-electron chi connectivity index (χ3n) is 2.56. The average Bonchev–Trinajstić information content (AvgIpc) is 2.19. The van der Waals surface area contributed by atoms with Crippen molar-refractivity contribution < 1.29 is 9.47 Å². The van der Waals surface area contributed by atoms with Crippen LogP contribution in [0.1, 0.15) is 11.1 Å². The summed E-state index contributed by atoms with van der Waals surface area (Å²) >= 11 is 0. The van der Waals surface area contributed by atoms with Gasteiger partial charge in [-0.25, -0.2) is 0 Å². The fourth-order valence-corrected chi connectivity index (χ4v) is 1.78. The molecule has 0 fully saturated rings. The molecule has 0 aromatic heterocycles. The van der Waals surface area contributed by atoms with Crippen molar-refractivity contribution in [1.82, 2.24) is 0 Å². The number of ether oxygens (including phenoxy) is 2. The average molecular weight is 193 g/mol. The Labute approximate surface area is 83.8 Å². The van der Waals surface area contributed by atoms with Gasteiger partial charge in [-0.15, -0.1) is 0 Å². The van der Waals surface area contributed by atoms with Crippen molar-refractivity contribution in [3.05, 3.63) is 23.3 Å². The Morgan fingerprint density at radius 2 is 2.29 bits per heavy atom. The van der Waals surface area contributed by atoms with Crippen molar-refractivity contribution in [2.75, 3.05) is 13.7 Å². The molecule has 0 amide bonds. The second kappa shape index (κ2) is 3.50. The number of fused-ring (bicyclic) bond motifs is 1. The fourth-order valence-electron chi connectivity index (χ4n) is 1.78. The summed E-state index contributed by atoms with van der Waals surface area (Å²) in [6, 6.07) is 4.06. The zero-order valence-electron chi connectivity index (χ0n) is 8.54. The van der Waals surface area contributed by atoms with Crippen LogP contribution in [-0.4, -0.2) is 19.8 Å². The quantitative estimate of drug-likeness (QED) is 0.730. The fraction of sp³-hybridized carbons (Fsp3) is 0.455. The summed E-state index contributed by atoms with van der Waals surface area (Å²) in [6.45, 7) is 2.66. The monoisotopic (exact) mass is 193 g/mol. The molecule has 1 heterocycles. The number of rotatable bonds is 1. The zero-order chi connectivity index (χ0) is 10.1. The van der Waals surface area contributed by atoms with Crippen LogP contribution in [0.5, 0.6) is 11.5 Å². The maximum atomic E-state index is 5.83. The smallest absolute Gasteiger partial charge is 0.126 e. The molecular formula is C11H15NO2. The molecule has 0 saturated carbocycles. The molecule has 1 aliphatic heterocycles. The van der Waals surface area contributed by atoms with Crippen LogP contribution in [0, 0.1) is 6.92 Å². The lowest BCUT2D eigenvalue weighted by Gasteiger charge is -2.24. The highest BCUT2D eigenvalue weighted by Gasteiger charge is 2.19. The molecule has 3 heteroatoms. The van der Waals surface area contributed by atoms with Crippen molar-refractivity contribution in [3.8, 4) is 11.5 Å². The minimum Gasteiger partial charge on any atom is -0.497 e. The van der Waals surface area contributed by atoms with Gasteiger partial charge in [-0.05, 0) is 30.5 Å². The Bertz CT molecular complexity index is 349. The molecule has 1 aromatic carbocycles. The van der Waals surface area contributed by atoms with Crippen molar-refractivity contribution >= 4 is 0 Å². The Morgan fingerprint density at radius 1 is 1.50 bits per heavy atom. The molecule has 0 bridgehead atoms. The topological polar surface area (TPSA) is 44.5 Å². The van der Waals surface area contributed by atoms with E-state index in [0.717, 1.165) is 17.9 Å². The maximum absolute atomic E-state index is 5.83. The molecule has 2 N–H and O–H groups in total. The van der Waals surface area contributed by atoms with Crippen molar-refractivity contribution in [1.29, 1.82) is 0 Å². The molecule has 76 valence electrons. The van der Waals surface area contributed by atoms with E-state index in [1.807, 2.05) is 12.1 Å². The SMILES string of the molecule is COc1cc(C)c2c(c1)OCC(N)C2. The van der Waals surface area contributed by atoms with Gasteiger partial charge in [-0.3, -0.25) is 0 Å². The summed E-state index contributed by atoms with van der Waals surface area (Å²) in [5.41, 5.74) is 8.23. The normalized spacial score (nSPS) is 19.8. The van der Waals surface area contributed by atoms with Gasteiger partial charge in [0, 0.05) is 12.1 Å². The molecule has 1 unspecified atom stereocenters. The highest BCUT2D eigenvalue weighted by atomic mass is 16.5. The van der Waals surface area contributed by atoms with Gasteiger partial charge in [-0.1, -0.05) is 0 Å². The largest absolute Gasteiger partial charge is 0.497 e. The lowest BCUT2D eigenvalue weighted by atomic mass is 9.98. The molecule has 0 spiro atoms. The van der Waals surface area contributed by atoms with E-state index in [9.17, 15) is 0 Å². The summed E-state index contributed by atoms with van der Waals surface area (Å²) < 4.78 is 10.7. The first-order valence-electron chi connectivity index (χ1n) is 4.76. The Morgan fingerprint density at radius 3 is 3.00 bits per heavy atom. The first kappa shape index (κ1) is 9.34. The van der Waals surface area contributed by atoms with Crippen LogP contribution in [0.2, 0.25) is 0 Å². The number of nitrogens with two attached hydrogens (primary N) is 1. The Balaban J connectivity index is 2.43. The van der Waals surface area contributed by atoms with E-state index in [1.54, 1.807) is 7.11 Å². The van der Waals surface area contributed by atoms with Crippen molar-refractivity contribution in [2.45, 2.75) is 19.4 Å². The van der Waals surface area contributed by atoms with E-state index in [4.69, 9.17) is 15.2 Å². The Kier molecular flexibility index (Phi) is 2.33. The van der Waals surface area contributed by atoms with E-state index in [0.29, 0.717) is 6.61 Å². The molecule has 0 saturated heterocycles. The third kappa shape index (κ3) is 1.55. The van der Waals surface area contributed by atoms with Crippen molar-refractivity contribution in [2.24, 2.45) is 5.73 Å². The van der Waals surface area contributed by atoms with E-state index >= 15 is 0 Å². The minimum atomic E-state index is 0.120.